The van der Waals surface area contributed by atoms with Gasteiger partial charge in [0.05, 0.1) is 30.1 Å². The fourth-order valence-electron chi connectivity index (χ4n) is 4.20. The zero-order valence-corrected chi connectivity index (χ0v) is 24.1. The van der Waals surface area contributed by atoms with E-state index in [1.165, 1.54) is 7.11 Å². The quantitative estimate of drug-likeness (QED) is 0.169. The molecule has 5 rings (SSSR count). The molecule has 214 valence electrons. The van der Waals surface area contributed by atoms with Crippen molar-refractivity contribution >= 4 is 23.5 Å². The smallest absolute Gasteiger partial charge is 0.358 e. The average Bonchev–Trinajstić information content (AvgIpc) is 3.48. The van der Waals surface area contributed by atoms with Crippen LogP contribution in [-0.2, 0) is 19.0 Å². The van der Waals surface area contributed by atoms with Gasteiger partial charge in [0.2, 0.25) is 0 Å². The van der Waals surface area contributed by atoms with Crippen LogP contribution in [0.4, 0.5) is 0 Å². The molecule has 42 heavy (non-hydrogen) atoms. The Morgan fingerprint density at radius 3 is 1.90 bits per heavy atom. The molecule has 0 unspecified atom stereocenters. The van der Waals surface area contributed by atoms with Crippen molar-refractivity contribution in [3.63, 3.8) is 0 Å². The second-order valence-corrected chi connectivity index (χ2v) is 9.36. The zero-order chi connectivity index (χ0) is 29.7. The van der Waals surface area contributed by atoms with Crippen LogP contribution >= 0.6 is 11.6 Å². The maximum absolute atomic E-state index is 11.8. The van der Waals surface area contributed by atoms with Gasteiger partial charge in [0.15, 0.2) is 5.69 Å². The van der Waals surface area contributed by atoms with Gasteiger partial charge >= 0.3 is 11.9 Å². The number of esters is 2. The van der Waals surface area contributed by atoms with E-state index in [0.29, 0.717) is 17.3 Å². The normalized spacial score (nSPS) is 10.5. The Balaban J connectivity index is 0.000000194. The molecule has 0 atom stereocenters. The van der Waals surface area contributed by atoms with E-state index in [9.17, 15) is 9.59 Å². The number of hydrogen-bond acceptors (Lipinski definition) is 6. The summed E-state index contributed by atoms with van der Waals surface area (Å²) >= 11 is 6.26. The largest absolute Gasteiger partial charge is 0.464 e. The summed E-state index contributed by atoms with van der Waals surface area (Å²) in [5, 5.41) is 4.90. The number of benzene rings is 4. The number of para-hydroxylation sites is 1. The summed E-state index contributed by atoms with van der Waals surface area (Å²) in [5.41, 5.74) is 4.68. The highest BCUT2D eigenvalue weighted by atomic mass is 35.5. The van der Waals surface area contributed by atoms with Crippen molar-refractivity contribution in [3.05, 3.63) is 143 Å². The highest BCUT2D eigenvalue weighted by Gasteiger charge is 2.18. The molecular weight excluding hydrogens is 552 g/mol. The standard InChI is InChI=1S/C17H13ClN2O2.C17H18O3/c1-22-17(21)14-11-16(12-7-3-2-4-8-12)20(19-14)15-10-6-5-9-13(15)18;1-2-19-16(18)13-20-17(14-9-5-3-6-10-14)15-11-7-4-8-12-15/h2-11H,1H3;3-12,17H,2,13H2,1H3. The lowest BCUT2D eigenvalue weighted by molar-refractivity contribution is -0.149. The summed E-state index contributed by atoms with van der Waals surface area (Å²) in [6, 6.07) is 38.4. The Labute approximate surface area is 250 Å². The summed E-state index contributed by atoms with van der Waals surface area (Å²) in [5.74, 6) is -0.827. The fraction of sp³-hybridized carbons (Fsp3) is 0.147. The zero-order valence-electron chi connectivity index (χ0n) is 23.4. The molecule has 0 bridgehead atoms. The maximum atomic E-state index is 11.8. The summed E-state index contributed by atoms with van der Waals surface area (Å²) in [6.07, 6.45) is -0.262. The lowest BCUT2D eigenvalue weighted by atomic mass is 10.0. The van der Waals surface area contributed by atoms with E-state index in [0.717, 1.165) is 22.4 Å². The molecule has 7 nitrogen and oxygen atoms in total. The van der Waals surface area contributed by atoms with E-state index in [-0.39, 0.29) is 24.4 Å². The molecule has 0 N–H and O–H groups in total. The van der Waals surface area contributed by atoms with Gasteiger partial charge in [0.25, 0.3) is 0 Å². The first kappa shape index (κ1) is 30.2. The number of rotatable bonds is 9. The van der Waals surface area contributed by atoms with Crippen LogP contribution in [0.15, 0.2) is 121 Å². The van der Waals surface area contributed by atoms with Gasteiger partial charge in [0.1, 0.15) is 12.7 Å². The third-order valence-corrected chi connectivity index (χ3v) is 6.45. The van der Waals surface area contributed by atoms with Crippen LogP contribution in [0.3, 0.4) is 0 Å². The molecule has 1 aromatic heterocycles. The number of halogens is 1. The lowest BCUT2D eigenvalue weighted by Gasteiger charge is -2.18. The minimum Gasteiger partial charge on any atom is -0.464 e. The number of ether oxygens (including phenoxy) is 3. The Morgan fingerprint density at radius 2 is 1.36 bits per heavy atom. The van der Waals surface area contributed by atoms with Gasteiger partial charge in [-0.2, -0.15) is 5.10 Å². The third kappa shape index (κ3) is 7.94. The SMILES string of the molecule is CCOC(=O)COC(c1ccccc1)c1ccccc1.COC(=O)c1cc(-c2ccccc2)n(-c2ccccc2Cl)n1. The first-order chi connectivity index (χ1) is 20.5. The van der Waals surface area contributed by atoms with Gasteiger partial charge in [0, 0.05) is 5.56 Å². The Hall–Kier alpha value is -4.72. The minimum absolute atomic E-state index is 0.0533. The van der Waals surface area contributed by atoms with Crippen molar-refractivity contribution in [2.45, 2.75) is 13.0 Å². The van der Waals surface area contributed by atoms with Crippen molar-refractivity contribution in [3.8, 4) is 16.9 Å². The number of hydrogen-bond donors (Lipinski definition) is 0. The van der Waals surface area contributed by atoms with Crippen molar-refractivity contribution in [2.75, 3.05) is 20.3 Å². The molecule has 0 amide bonds. The van der Waals surface area contributed by atoms with Crippen LogP contribution in [0.1, 0.15) is 34.6 Å². The van der Waals surface area contributed by atoms with Gasteiger partial charge in [-0.25, -0.2) is 14.3 Å². The van der Waals surface area contributed by atoms with E-state index in [1.807, 2.05) is 109 Å². The highest BCUT2D eigenvalue weighted by Crippen LogP contribution is 2.28. The number of nitrogens with zero attached hydrogens (tertiary/aromatic N) is 2. The van der Waals surface area contributed by atoms with Crippen molar-refractivity contribution in [2.24, 2.45) is 0 Å². The lowest BCUT2D eigenvalue weighted by Crippen LogP contribution is -2.16. The van der Waals surface area contributed by atoms with Gasteiger partial charge in [-0.3, -0.25) is 0 Å². The second kappa shape index (κ2) is 15.3. The Kier molecular flexibility index (Phi) is 11.0. The predicted molar refractivity (Wildman–Crippen MR) is 163 cm³/mol. The molecule has 0 saturated carbocycles. The third-order valence-electron chi connectivity index (χ3n) is 6.13. The molecule has 0 aliphatic carbocycles. The summed E-state index contributed by atoms with van der Waals surface area (Å²) in [6.45, 7) is 2.09. The van der Waals surface area contributed by atoms with Crippen LogP contribution in [0, 0.1) is 0 Å². The first-order valence-electron chi connectivity index (χ1n) is 13.4. The monoisotopic (exact) mass is 582 g/mol. The molecule has 1 heterocycles. The predicted octanol–water partition coefficient (Wildman–Crippen LogP) is 7.34. The van der Waals surface area contributed by atoms with Crippen molar-refractivity contribution < 1.29 is 23.8 Å². The number of carbonyl (C=O) groups excluding carboxylic acids is 2. The average molecular weight is 583 g/mol. The molecule has 4 aromatic carbocycles. The van der Waals surface area contributed by atoms with Crippen LogP contribution in [0.25, 0.3) is 16.9 Å². The van der Waals surface area contributed by atoms with Gasteiger partial charge in [-0.15, -0.1) is 0 Å². The van der Waals surface area contributed by atoms with Crippen molar-refractivity contribution in [1.82, 2.24) is 9.78 Å². The van der Waals surface area contributed by atoms with Crippen LogP contribution in [0.5, 0.6) is 0 Å². The molecule has 0 fully saturated rings. The highest BCUT2D eigenvalue weighted by molar-refractivity contribution is 6.32. The minimum atomic E-state index is -0.483. The van der Waals surface area contributed by atoms with E-state index in [4.69, 9.17) is 25.8 Å². The fourth-order valence-corrected chi connectivity index (χ4v) is 4.42. The van der Waals surface area contributed by atoms with Gasteiger partial charge in [-0.05, 0) is 36.2 Å². The molecule has 0 aliphatic heterocycles. The van der Waals surface area contributed by atoms with Gasteiger partial charge < -0.3 is 14.2 Å². The Morgan fingerprint density at radius 1 is 0.810 bits per heavy atom. The van der Waals surface area contributed by atoms with E-state index in [2.05, 4.69) is 5.10 Å². The molecule has 8 heteroatoms. The van der Waals surface area contributed by atoms with E-state index >= 15 is 0 Å². The molecule has 0 radical (unpaired) electrons. The summed E-state index contributed by atoms with van der Waals surface area (Å²) in [7, 11) is 1.33. The number of carbonyl (C=O) groups is 2. The molecule has 5 aromatic rings. The Bertz CT molecular complexity index is 1530. The van der Waals surface area contributed by atoms with Crippen LogP contribution < -0.4 is 0 Å². The molecule has 0 saturated heterocycles. The first-order valence-corrected chi connectivity index (χ1v) is 13.8. The van der Waals surface area contributed by atoms with Crippen molar-refractivity contribution in [1.29, 1.82) is 0 Å². The van der Waals surface area contributed by atoms with E-state index in [1.54, 1.807) is 23.7 Å². The summed E-state index contributed by atoms with van der Waals surface area (Å²) in [4.78, 5) is 23.3. The number of methoxy groups -OCH3 is 1. The summed E-state index contributed by atoms with van der Waals surface area (Å²) < 4.78 is 17.1. The molecule has 0 aliphatic rings. The van der Waals surface area contributed by atoms with Gasteiger partial charge in [-0.1, -0.05) is 115 Å². The number of aromatic nitrogens is 2. The van der Waals surface area contributed by atoms with Crippen LogP contribution in [-0.4, -0.2) is 42.0 Å². The molecular formula is C34H31ClN2O5. The molecule has 0 spiro atoms. The second-order valence-electron chi connectivity index (χ2n) is 8.95. The topological polar surface area (TPSA) is 79.7 Å². The van der Waals surface area contributed by atoms with Crippen LogP contribution in [0.2, 0.25) is 5.02 Å². The van der Waals surface area contributed by atoms with E-state index < -0.39 is 5.97 Å². The maximum Gasteiger partial charge on any atom is 0.358 e.